The number of aromatic amines is 1. The van der Waals surface area contributed by atoms with Crippen LogP contribution in [-0.2, 0) is 0 Å². The lowest BCUT2D eigenvalue weighted by Crippen LogP contribution is -1.97. The van der Waals surface area contributed by atoms with Gasteiger partial charge in [0.2, 0.25) is 0 Å². The maximum atomic E-state index is 13.5. The van der Waals surface area contributed by atoms with Crippen LogP contribution in [0.1, 0.15) is 10.4 Å². The molecule has 2 N–H and O–H groups in total. The summed E-state index contributed by atoms with van der Waals surface area (Å²) in [5.74, 6) is -1.77. The van der Waals surface area contributed by atoms with Crippen molar-refractivity contribution in [3.05, 3.63) is 40.8 Å². The summed E-state index contributed by atoms with van der Waals surface area (Å²) in [7, 11) is 0. The number of H-pyrrole nitrogens is 1. The van der Waals surface area contributed by atoms with Gasteiger partial charge in [-0.25, -0.2) is 9.18 Å². The summed E-state index contributed by atoms with van der Waals surface area (Å²) >= 11 is 5.60. The summed E-state index contributed by atoms with van der Waals surface area (Å²) in [6, 6.07) is 3.99. The fourth-order valence-corrected chi connectivity index (χ4v) is 1.50. The number of hydrogen-bond acceptors (Lipinski definition) is 2. The molecular weight excluding hydrogens is 235 g/mol. The van der Waals surface area contributed by atoms with Crippen molar-refractivity contribution in [2.45, 2.75) is 0 Å². The molecule has 0 amide bonds. The van der Waals surface area contributed by atoms with Gasteiger partial charge in [-0.15, -0.1) is 0 Å². The predicted octanol–water partition coefficient (Wildman–Crippen LogP) is 2.57. The summed E-state index contributed by atoms with van der Waals surface area (Å²) in [4.78, 5) is 10.8. The summed E-state index contributed by atoms with van der Waals surface area (Å²) < 4.78 is 13.5. The van der Waals surface area contributed by atoms with E-state index in [1.807, 2.05) is 0 Å². The lowest BCUT2D eigenvalue weighted by atomic mass is 10.1. The highest BCUT2D eigenvalue weighted by Gasteiger charge is 2.16. The molecule has 1 aromatic heterocycles. The molecule has 1 heterocycles. The Kier molecular flexibility index (Phi) is 2.62. The van der Waals surface area contributed by atoms with Gasteiger partial charge in [0.05, 0.1) is 11.9 Å². The van der Waals surface area contributed by atoms with Crippen LogP contribution in [0.2, 0.25) is 5.02 Å². The van der Waals surface area contributed by atoms with Gasteiger partial charge < -0.3 is 5.11 Å². The zero-order chi connectivity index (χ0) is 11.7. The molecular formula is C10H6ClFN2O2. The van der Waals surface area contributed by atoms with Crippen molar-refractivity contribution in [1.29, 1.82) is 0 Å². The van der Waals surface area contributed by atoms with Crippen LogP contribution >= 0.6 is 11.6 Å². The molecule has 0 saturated carbocycles. The van der Waals surface area contributed by atoms with Crippen LogP contribution in [0.25, 0.3) is 11.3 Å². The summed E-state index contributed by atoms with van der Waals surface area (Å²) in [5, 5.41) is 15.1. The molecule has 6 heteroatoms. The molecule has 2 rings (SSSR count). The third kappa shape index (κ3) is 1.77. The van der Waals surface area contributed by atoms with Crippen LogP contribution in [0.5, 0.6) is 0 Å². The number of benzene rings is 1. The van der Waals surface area contributed by atoms with E-state index < -0.39 is 11.8 Å². The summed E-state index contributed by atoms with van der Waals surface area (Å²) in [6.07, 6.45) is 1.13. The molecule has 0 radical (unpaired) electrons. The first kappa shape index (κ1) is 10.6. The van der Waals surface area contributed by atoms with Crippen LogP contribution in [0.4, 0.5) is 4.39 Å². The number of nitrogens with zero attached hydrogens (tertiary/aromatic N) is 1. The molecule has 2 aromatic rings. The standard InChI is InChI=1S/C10H6ClFN2O2/c11-5-1-2-6(8(12)3-5)9-7(10(15)16)4-13-14-9/h1-4H,(H,13,14)(H,15,16). The maximum absolute atomic E-state index is 13.5. The molecule has 0 aliphatic carbocycles. The van der Waals surface area contributed by atoms with Gasteiger partial charge in [0.15, 0.2) is 0 Å². The molecule has 0 fully saturated rings. The van der Waals surface area contributed by atoms with Crippen LogP contribution < -0.4 is 0 Å². The third-order valence-electron chi connectivity index (χ3n) is 2.07. The molecule has 0 saturated heterocycles. The lowest BCUT2D eigenvalue weighted by Gasteiger charge is -2.02. The second kappa shape index (κ2) is 3.94. The van der Waals surface area contributed by atoms with Gasteiger partial charge >= 0.3 is 5.97 Å². The van der Waals surface area contributed by atoms with Gasteiger partial charge in [0.1, 0.15) is 11.4 Å². The summed E-state index contributed by atoms with van der Waals surface area (Å²) in [5.41, 5.74) is 0.169. The van der Waals surface area contributed by atoms with Crippen molar-refractivity contribution in [3.8, 4) is 11.3 Å². The van der Waals surface area contributed by atoms with E-state index in [4.69, 9.17) is 16.7 Å². The second-order valence-corrected chi connectivity index (χ2v) is 3.52. The first-order valence-electron chi connectivity index (χ1n) is 4.31. The van der Waals surface area contributed by atoms with Gasteiger partial charge in [0, 0.05) is 10.6 Å². The van der Waals surface area contributed by atoms with E-state index in [1.54, 1.807) is 0 Å². The zero-order valence-electron chi connectivity index (χ0n) is 7.87. The van der Waals surface area contributed by atoms with E-state index in [1.165, 1.54) is 12.1 Å². The molecule has 16 heavy (non-hydrogen) atoms. The maximum Gasteiger partial charge on any atom is 0.339 e. The van der Waals surface area contributed by atoms with Crippen LogP contribution in [0.3, 0.4) is 0 Å². The number of carboxylic acid groups (broad SMARTS) is 1. The van der Waals surface area contributed by atoms with Gasteiger partial charge in [-0.2, -0.15) is 5.10 Å². The number of hydrogen-bond donors (Lipinski definition) is 2. The Morgan fingerprint density at radius 1 is 1.50 bits per heavy atom. The highest BCUT2D eigenvalue weighted by Crippen LogP contribution is 2.26. The number of aromatic nitrogens is 2. The van der Waals surface area contributed by atoms with Gasteiger partial charge in [0.25, 0.3) is 0 Å². The highest BCUT2D eigenvalue weighted by molar-refractivity contribution is 6.30. The first-order chi connectivity index (χ1) is 7.59. The van der Waals surface area contributed by atoms with Crippen molar-refractivity contribution in [3.63, 3.8) is 0 Å². The van der Waals surface area contributed by atoms with Crippen LogP contribution in [-0.4, -0.2) is 21.3 Å². The first-order valence-corrected chi connectivity index (χ1v) is 4.69. The van der Waals surface area contributed by atoms with E-state index in [9.17, 15) is 9.18 Å². The fourth-order valence-electron chi connectivity index (χ4n) is 1.35. The molecule has 4 nitrogen and oxygen atoms in total. The molecule has 0 atom stereocenters. The van der Waals surface area contributed by atoms with Gasteiger partial charge in [-0.05, 0) is 18.2 Å². The number of aromatic carboxylic acids is 1. The van der Waals surface area contributed by atoms with E-state index in [0.717, 1.165) is 12.3 Å². The minimum absolute atomic E-state index is 0.0822. The Morgan fingerprint density at radius 3 is 2.88 bits per heavy atom. The SMILES string of the molecule is O=C(O)c1cn[nH]c1-c1ccc(Cl)cc1F. The molecule has 0 aliphatic rings. The quantitative estimate of drug-likeness (QED) is 0.848. The van der Waals surface area contributed by atoms with Crippen molar-refractivity contribution in [2.75, 3.05) is 0 Å². The van der Waals surface area contributed by atoms with E-state index in [-0.39, 0.29) is 21.8 Å². The largest absolute Gasteiger partial charge is 0.478 e. The predicted molar refractivity (Wildman–Crippen MR) is 56.0 cm³/mol. The second-order valence-electron chi connectivity index (χ2n) is 3.09. The Morgan fingerprint density at radius 2 is 2.25 bits per heavy atom. The minimum atomic E-state index is -1.17. The highest BCUT2D eigenvalue weighted by atomic mass is 35.5. The zero-order valence-corrected chi connectivity index (χ0v) is 8.62. The number of halogens is 2. The average molecular weight is 241 g/mol. The van der Waals surface area contributed by atoms with Crippen LogP contribution in [0.15, 0.2) is 24.4 Å². The van der Waals surface area contributed by atoms with Crippen molar-refractivity contribution in [2.24, 2.45) is 0 Å². The van der Waals surface area contributed by atoms with Crippen LogP contribution in [0, 0.1) is 5.82 Å². The minimum Gasteiger partial charge on any atom is -0.478 e. The van der Waals surface area contributed by atoms with E-state index in [0.29, 0.717) is 0 Å². The third-order valence-corrected chi connectivity index (χ3v) is 2.31. The average Bonchev–Trinajstić information content (AvgIpc) is 2.66. The smallest absolute Gasteiger partial charge is 0.339 e. The molecule has 82 valence electrons. The van der Waals surface area contributed by atoms with Gasteiger partial charge in [-0.3, -0.25) is 5.10 Å². The van der Waals surface area contributed by atoms with Crippen molar-refractivity contribution in [1.82, 2.24) is 10.2 Å². The topological polar surface area (TPSA) is 66.0 Å². The van der Waals surface area contributed by atoms with E-state index >= 15 is 0 Å². The van der Waals surface area contributed by atoms with E-state index in [2.05, 4.69) is 10.2 Å². The Hall–Kier alpha value is -1.88. The Labute approximate surface area is 94.7 Å². The lowest BCUT2D eigenvalue weighted by molar-refractivity contribution is 0.0698. The molecule has 1 aromatic carbocycles. The molecule has 0 bridgehead atoms. The fraction of sp³-hybridized carbons (Fsp3) is 0. The van der Waals surface area contributed by atoms with Crippen molar-refractivity contribution < 1.29 is 14.3 Å². The monoisotopic (exact) mass is 240 g/mol. The normalized spacial score (nSPS) is 10.4. The van der Waals surface area contributed by atoms with Gasteiger partial charge in [-0.1, -0.05) is 11.6 Å². The number of nitrogens with one attached hydrogen (secondary N) is 1. The Bertz CT molecular complexity index is 554. The Balaban J connectivity index is 2.59. The molecule has 0 aliphatic heterocycles. The van der Waals surface area contributed by atoms with Crippen molar-refractivity contribution >= 4 is 17.6 Å². The number of carbonyl (C=O) groups is 1. The molecule has 0 unspecified atom stereocenters. The molecule has 0 spiro atoms. The number of rotatable bonds is 2. The summed E-state index contributed by atoms with van der Waals surface area (Å²) in [6.45, 7) is 0. The number of carboxylic acids is 1.